The van der Waals surface area contributed by atoms with Crippen molar-refractivity contribution in [2.75, 3.05) is 13.1 Å². The molecule has 3 heteroatoms. The van der Waals surface area contributed by atoms with Crippen molar-refractivity contribution in [1.82, 2.24) is 4.90 Å². The zero-order chi connectivity index (χ0) is 14.5. The van der Waals surface area contributed by atoms with Gasteiger partial charge in [-0.3, -0.25) is 4.79 Å². The summed E-state index contributed by atoms with van der Waals surface area (Å²) < 4.78 is 1.02. The third-order valence-corrected chi connectivity index (χ3v) is 5.19. The van der Waals surface area contributed by atoms with Gasteiger partial charge in [0.1, 0.15) is 0 Å². The van der Waals surface area contributed by atoms with Crippen LogP contribution >= 0.6 is 15.9 Å². The molecule has 1 aromatic rings. The van der Waals surface area contributed by atoms with Gasteiger partial charge in [-0.05, 0) is 49.8 Å². The zero-order valence-corrected chi connectivity index (χ0v) is 14.1. The summed E-state index contributed by atoms with van der Waals surface area (Å²) in [4.78, 5) is 14.7. The van der Waals surface area contributed by atoms with Gasteiger partial charge in [0.15, 0.2) is 0 Å². The second-order valence-corrected chi connectivity index (χ2v) is 6.64. The van der Waals surface area contributed by atoms with Crippen LogP contribution in [-0.2, 0) is 0 Å². The highest BCUT2D eigenvalue weighted by atomic mass is 79.9. The largest absolute Gasteiger partial charge is 0.339 e. The number of carbonyl (C=O) groups is 1. The Balaban J connectivity index is 2.07. The lowest BCUT2D eigenvalue weighted by molar-refractivity contribution is 0.0759. The molecule has 1 atom stereocenters. The molecule has 0 bridgehead atoms. The molecule has 2 rings (SSSR count). The Kier molecular flexibility index (Phi) is 5.64. The first kappa shape index (κ1) is 15.6. The van der Waals surface area contributed by atoms with Crippen molar-refractivity contribution in [3.05, 3.63) is 33.8 Å². The SMILES string of the molecule is CCCC1CCCN(C(=O)c2cccc(Br)c2C)CC1. The monoisotopic (exact) mass is 337 g/mol. The fraction of sp³-hybridized carbons (Fsp3) is 0.588. The molecule has 0 aliphatic carbocycles. The van der Waals surface area contributed by atoms with E-state index < -0.39 is 0 Å². The van der Waals surface area contributed by atoms with E-state index in [4.69, 9.17) is 0 Å². The average molecular weight is 338 g/mol. The Morgan fingerprint density at radius 1 is 1.35 bits per heavy atom. The van der Waals surface area contributed by atoms with E-state index in [-0.39, 0.29) is 5.91 Å². The summed E-state index contributed by atoms with van der Waals surface area (Å²) in [7, 11) is 0. The normalized spacial score (nSPS) is 19.8. The molecule has 1 saturated heterocycles. The maximum atomic E-state index is 12.7. The summed E-state index contributed by atoms with van der Waals surface area (Å²) in [5, 5.41) is 0. The predicted molar refractivity (Wildman–Crippen MR) is 87.0 cm³/mol. The minimum absolute atomic E-state index is 0.195. The predicted octanol–water partition coefficient (Wildman–Crippen LogP) is 4.80. The van der Waals surface area contributed by atoms with E-state index in [0.717, 1.165) is 47.4 Å². The molecule has 1 amide bonds. The Morgan fingerprint density at radius 3 is 2.90 bits per heavy atom. The molecular weight excluding hydrogens is 314 g/mol. The topological polar surface area (TPSA) is 20.3 Å². The average Bonchev–Trinajstić information content (AvgIpc) is 2.67. The molecule has 0 saturated carbocycles. The van der Waals surface area contributed by atoms with Crippen molar-refractivity contribution in [2.45, 2.75) is 46.0 Å². The van der Waals surface area contributed by atoms with Crippen molar-refractivity contribution >= 4 is 21.8 Å². The van der Waals surface area contributed by atoms with E-state index in [1.165, 1.54) is 19.3 Å². The molecule has 1 aliphatic rings. The highest BCUT2D eigenvalue weighted by Crippen LogP contribution is 2.25. The lowest BCUT2D eigenvalue weighted by Gasteiger charge is -2.22. The third kappa shape index (κ3) is 3.63. The number of amides is 1. The summed E-state index contributed by atoms with van der Waals surface area (Å²) in [5.41, 5.74) is 1.89. The van der Waals surface area contributed by atoms with Gasteiger partial charge in [0.25, 0.3) is 5.91 Å². The molecule has 0 N–H and O–H groups in total. The number of rotatable bonds is 3. The number of hydrogen-bond acceptors (Lipinski definition) is 1. The maximum absolute atomic E-state index is 12.7. The van der Waals surface area contributed by atoms with Crippen LogP contribution in [0.15, 0.2) is 22.7 Å². The van der Waals surface area contributed by atoms with Gasteiger partial charge in [-0.1, -0.05) is 41.8 Å². The van der Waals surface area contributed by atoms with Gasteiger partial charge in [-0.15, -0.1) is 0 Å². The number of hydrogen-bond donors (Lipinski definition) is 0. The molecule has 1 fully saturated rings. The number of carbonyl (C=O) groups excluding carboxylic acids is 1. The van der Waals surface area contributed by atoms with Crippen LogP contribution in [0.1, 0.15) is 54.9 Å². The van der Waals surface area contributed by atoms with Crippen LogP contribution in [0.2, 0.25) is 0 Å². The summed E-state index contributed by atoms with van der Waals surface area (Å²) in [6.07, 6.45) is 6.13. The Hall–Kier alpha value is -0.830. The van der Waals surface area contributed by atoms with Crippen LogP contribution in [0.5, 0.6) is 0 Å². The molecule has 1 aromatic carbocycles. The molecule has 1 aliphatic heterocycles. The smallest absolute Gasteiger partial charge is 0.254 e. The summed E-state index contributed by atoms with van der Waals surface area (Å²) in [5.74, 6) is 1.00. The van der Waals surface area contributed by atoms with Gasteiger partial charge in [-0.25, -0.2) is 0 Å². The van der Waals surface area contributed by atoms with E-state index in [2.05, 4.69) is 22.9 Å². The fourth-order valence-corrected chi connectivity index (χ4v) is 3.44. The Bertz CT molecular complexity index is 472. The van der Waals surface area contributed by atoms with Gasteiger partial charge in [-0.2, -0.15) is 0 Å². The van der Waals surface area contributed by atoms with E-state index in [1.54, 1.807) is 0 Å². The lowest BCUT2D eigenvalue weighted by atomic mass is 9.96. The van der Waals surface area contributed by atoms with Gasteiger partial charge in [0.05, 0.1) is 0 Å². The Morgan fingerprint density at radius 2 is 2.15 bits per heavy atom. The van der Waals surface area contributed by atoms with Crippen molar-refractivity contribution < 1.29 is 4.79 Å². The zero-order valence-electron chi connectivity index (χ0n) is 12.5. The first-order chi connectivity index (χ1) is 9.63. The molecule has 20 heavy (non-hydrogen) atoms. The molecule has 110 valence electrons. The van der Waals surface area contributed by atoms with Crippen LogP contribution in [0.4, 0.5) is 0 Å². The lowest BCUT2D eigenvalue weighted by Crippen LogP contribution is -2.32. The first-order valence-corrected chi connectivity index (χ1v) is 8.47. The first-order valence-electron chi connectivity index (χ1n) is 7.68. The minimum atomic E-state index is 0.195. The van der Waals surface area contributed by atoms with Crippen LogP contribution in [0, 0.1) is 12.8 Å². The minimum Gasteiger partial charge on any atom is -0.339 e. The molecule has 1 unspecified atom stereocenters. The van der Waals surface area contributed by atoms with Crippen LogP contribution in [0.25, 0.3) is 0 Å². The van der Waals surface area contributed by atoms with Crippen molar-refractivity contribution in [2.24, 2.45) is 5.92 Å². The number of halogens is 1. The van der Waals surface area contributed by atoms with Crippen molar-refractivity contribution in [3.63, 3.8) is 0 Å². The van der Waals surface area contributed by atoms with Crippen LogP contribution in [0.3, 0.4) is 0 Å². The van der Waals surface area contributed by atoms with E-state index in [9.17, 15) is 4.79 Å². The van der Waals surface area contributed by atoms with E-state index in [0.29, 0.717) is 0 Å². The number of likely N-dealkylation sites (tertiary alicyclic amines) is 1. The highest BCUT2D eigenvalue weighted by molar-refractivity contribution is 9.10. The van der Waals surface area contributed by atoms with Crippen molar-refractivity contribution in [1.29, 1.82) is 0 Å². The summed E-state index contributed by atoms with van der Waals surface area (Å²) in [6.45, 7) is 6.08. The summed E-state index contributed by atoms with van der Waals surface area (Å²) in [6, 6.07) is 5.88. The van der Waals surface area contributed by atoms with Gasteiger partial charge in [0.2, 0.25) is 0 Å². The highest BCUT2D eigenvalue weighted by Gasteiger charge is 2.22. The van der Waals surface area contributed by atoms with Gasteiger partial charge in [0, 0.05) is 23.1 Å². The fourth-order valence-electron chi connectivity index (χ4n) is 3.07. The molecule has 2 nitrogen and oxygen atoms in total. The quantitative estimate of drug-likeness (QED) is 0.775. The second kappa shape index (κ2) is 7.26. The third-order valence-electron chi connectivity index (χ3n) is 4.33. The summed E-state index contributed by atoms with van der Waals surface area (Å²) >= 11 is 3.51. The van der Waals surface area contributed by atoms with Gasteiger partial charge < -0.3 is 4.90 Å². The van der Waals surface area contributed by atoms with Crippen LogP contribution in [-0.4, -0.2) is 23.9 Å². The van der Waals surface area contributed by atoms with Gasteiger partial charge >= 0.3 is 0 Å². The van der Waals surface area contributed by atoms with Crippen LogP contribution < -0.4 is 0 Å². The van der Waals surface area contributed by atoms with Crippen molar-refractivity contribution in [3.8, 4) is 0 Å². The molecule has 0 aromatic heterocycles. The van der Waals surface area contributed by atoms with E-state index in [1.807, 2.05) is 30.0 Å². The number of benzene rings is 1. The molecule has 1 heterocycles. The maximum Gasteiger partial charge on any atom is 0.254 e. The Labute approximate surface area is 130 Å². The van der Waals surface area contributed by atoms with E-state index >= 15 is 0 Å². The second-order valence-electron chi connectivity index (χ2n) is 5.79. The molecular formula is C17H24BrNO. The number of nitrogens with zero attached hydrogens (tertiary/aromatic N) is 1. The molecule has 0 radical (unpaired) electrons. The molecule has 0 spiro atoms. The standard InChI is InChI=1S/C17H24BrNO/c1-3-6-14-7-5-11-19(12-10-14)17(20)15-8-4-9-16(18)13(15)2/h4,8-9,14H,3,5-7,10-12H2,1-2H3.